The van der Waals surface area contributed by atoms with Crippen molar-refractivity contribution in [3.05, 3.63) is 32.8 Å². The molecule has 1 aromatic rings. The molecule has 14 heavy (non-hydrogen) atoms. The average Bonchev–Trinajstić information content (AvgIpc) is 2.19. The van der Waals surface area contributed by atoms with Crippen LogP contribution < -0.4 is 0 Å². The van der Waals surface area contributed by atoms with Gasteiger partial charge in [0.1, 0.15) is 0 Å². The summed E-state index contributed by atoms with van der Waals surface area (Å²) < 4.78 is 5.51. The minimum Gasteiger partial charge on any atom is -0.469 e. The molecule has 0 atom stereocenters. The van der Waals surface area contributed by atoms with E-state index in [9.17, 15) is 4.79 Å². The molecular weight excluding hydrogens is 267 g/mol. The summed E-state index contributed by atoms with van der Waals surface area (Å²) in [5, 5.41) is 0.616. The van der Waals surface area contributed by atoms with Crippen LogP contribution in [0, 0.1) is 6.92 Å². The highest BCUT2D eigenvalue weighted by atomic mass is 79.9. The van der Waals surface area contributed by atoms with Gasteiger partial charge in [0.15, 0.2) is 0 Å². The Morgan fingerprint density at radius 1 is 1.57 bits per heavy atom. The largest absolute Gasteiger partial charge is 0.469 e. The lowest BCUT2D eigenvalue weighted by molar-refractivity contribution is -0.139. The summed E-state index contributed by atoms with van der Waals surface area (Å²) in [4.78, 5) is 11.0. The van der Waals surface area contributed by atoms with Gasteiger partial charge in [0.2, 0.25) is 0 Å². The van der Waals surface area contributed by atoms with Gasteiger partial charge in [0, 0.05) is 9.50 Å². The van der Waals surface area contributed by atoms with Gasteiger partial charge in [-0.2, -0.15) is 0 Å². The van der Waals surface area contributed by atoms with Crippen LogP contribution in [-0.4, -0.2) is 13.1 Å². The molecule has 0 saturated carbocycles. The number of ether oxygens (including phenoxy) is 1. The lowest BCUT2D eigenvalue weighted by Gasteiger charge is -2.07. The molecule has 0 N–H and O–H groups in total. The molecule has 0 aromatic heterocycles. The number of esters is 1. The molecule has 1 rings (SSSR count). The molecule has 0 saturated heterocycles. The smallest absolute Gasteiger partial charge is 0.310 e. The number of carbonyl (C=O) groups is 1. The maximum atomic E-state index is 11.0. The zero-order valence-electron chi connectivity index (χ0n) is 7.93. The molecular formula is C10H10BrClO2. The third kappa shape index (κ3) is 2.49. The Kier molecular flexibility index (Phi) is 3.96. The first-order chi connectivity index (χ1) is 6.56. The van der Waals surface area contributed by atoms with Crippen molar-refractivity contribution in [3.8, 4) is 0 Å². The molecule has 0 radical (unpaired) electrons. The van der Waals surface area contributed by atoms with Crippen molar-refractivity contribution in [3.63, 3.8) is 0 Å². The van der Waals surface area contributed by atoms with Crippen LogP contribution in [0.4, 0.5) is 0 Å². The van der Waals surface area contributed by atoms with E-state index in [-0.39, 0.29) is 12.4 Å². The Labute approximate surface area is 96.3 Å². The predicted octanol–water partition coefficient (Wildman–Crippen LogP) is 3.13. The summed E-state index contributed by atoms with van der Waals surface area (Å²) in [5.41, 5.74) is 1.73. The summed E-state index contributed by atoms with van der Waals surface area (Å²) in [7, 11) is 1.36. The van der Waals surface area contributed by atoms with Crippen LogP contribution in [0.5, 0.6) is 0 Å². The van der Waals surface area contributed by atoms with E-state index in [0.717, 1.165) is 15.6 Å². The number of hydrogen-bond acceptors (Lipinski definition) is 2. The summed E-state index contributed by atoms with van der Waals surface area (Å²) in [6.45, 7) is 1.90. The van der Waals surface area contributed by atoms with Gasteiger partial charge < -0.3 is 4.74 Å². The van der Waals surface area contributed by atoms with Crippen LogP contribution in [-0.2, 0) is 16.0 Å². The lowest BCUT2D eigenvalue weighted by atomic mass is 10.1. The lowest BCUT2D eigenvalue weighted by Crippen LogP contribution is -2.05. The molecule has 0 amide bonds. The summed E-state index contributed by atoms with van der Waals surface area (Å²) in [6.07, 6.45) is 0.212. The van der Waals surface area contributed by atoms with Gasteiger partial charge in [0.25, 0.3) is 0 Å². The molecule has 0 fully saturated rings. The van der Waals surface area contributed by atoms with Crippen molar-refractivity contribution >= 4 is 33.5 Å². The van der Waals surface area contributed by atoms with E-state index in [0.29, 0.717) is 5.02 Å². The molecule has 0 heterocycles. The fourth-order valence-corrected chi connectivity index (χ4v) is 1.76. The molecule has 1 aromatic carbocycles. The second-order valence-corrected chi connectivity index (χ2v) is 4.13. The van der Waals surface area contributed by atoms with E-state index in [1.807, 2.05) is 19.1 Å². The van der Waals surface area contributed by atoms with Crippen LogP contribution in [0.1, 0.15) is 11.1 Å². The summed E-state index contributed by atoms with van der Waals surface area (Å²) >= 11 is 9.42. The van der Waals surface area contributed by atoms with Crippen molar-refractivity contribution in [1.82, 2.24) is 0 Å². The second-order valence-electron chi connectivity index (χ2n) is 2.90. The van der Waals surface area contributed by atoms with Crippen LogP contribution >= 0.6 is 27.5 Å². The first kappa shape index (κ1) is 11.5. The SMILES string of the molecule is COC(=O)Cc1ccc(Br)c(C)c1Cl. The van der Waals surface area contributed by atoms with Crippen LogP contribution in [0.15, 0.2) is 16.6 Å². The van der Waals surface area contributed by atoms with Crippen LogP contribution in [0.2, 0.25) is 5.02 Å². The molecule has 0 aliphatic heterocycles. The Morgan fingerprint density at radius 2 is 2.21 bits per heavy atom. The van der Waals surface area contributed by atoms with E-state index in [1.165, 1.54) is 7.11 Å². The number of hydrogen-bond donors (Lipinski definition) is 0. The van der Waals surface area contributed by atoms with Gasteiger partial charge in [-0.3, -0.25) is 4.79 Å². The molecule has 0 bridgehead atoms. The van der Waals surface area contributed by atoms with Gasteiger partial charge in [-0.1, -0.05) is 33.6 Å². The number of methoxy groups -OCH3 is 1. The van der Waals surface area contributed by atoms with Crippen molar-refractivity contribution < 1.29 is 9.53 Å². The van der Waals surface area contributed by atoms with E-state index in [4.69, 9.17) is 11.6 Å². The number of rotatable bonds is 2. The number of carbonyl (C=O) groups excluding carboxylic acids is 1. The topological polar surface area (TPSA) is 26.3 Å². The second kappa shape index (κ2) is 4.80. The Hall–Kier alpha value is -0.540. The highest BCUT2D eigenvalue weighted by molar-refractivity contribution is 9.10. The Balaban J connectivity index is 3.00. The maximum absolute atomic E-state index is 11.0. The minimum atomic E-state index is -0.284. The Morgan fingerprint density at radius 3 is 2.79 bits per heavy atom. The van der Waals surface area contributed by atoms with Crippen molar-refractivity contribution in [2.24, 2.45) is 0 Å². The monoisotopic (exact) mass is 276 g/mol. The zero-order valence-corrected chi connectivity index (χ0v) is 10.3. The third-order valence-electron chi connectivity index (χ3n) is 1.96. The van der Waals surface area contributed by atoms with Gasteiger partial charge in [-0.15, -0.1) is 0 Å². The van der Waals surface area contributed by atoms with Crippen molar-refractivity contribution in [2.45, 2.75) is 13.3 Å². The van der Waals surface area contributed by atoms with E-state index in [1.54, 1.807) is 0 Å². The number of halogens is 2. The van der Waals surface area contributed by atoms with Crippen molar-refractivity contribution in [2.75, 3.05) is 7.11 Å². The molecule has 4 heteroatoms. The zero-order chi connectivity index (χ0) is 10.7. The van der Waals surface area contributed by atoms with Crippen LogP contribution in [0.3, 0.4) is 0 Å². The van der Waals surface area contributed by atoms with Crippen molar-refractivity contribution in [1.29, 1.82) is 0 Å². The fourth-order valence-electron chi connectivity index (χ4n) is 1.08. The van der Waals surface area contributed by atoms with Gasteiger partial charge >= 0.3 is 5.97 Å². The standard InChI is InChI=1S/C10H10BrClO2/c1-6-8(11)4-3-7(10(6)12)5-9(13)14-2/h3-4H,5H2,1-2H3. The number of benzene rings is 1. The molecule has 0 spiro atoms. The Bertz CT molecular complexity index is 363. The van der Waals surface area contributed by atoms with E-state index < -0.39 is 0 Å². The molecule has 0 aliphatic carbocycles. The first-order valence-corrected chi connectivity index (χ1v) is 5.23. The van der Waals surface area contributed by atoms with Crippen LogP contribution in [0.25, 0.3) is 0 Å². The fraction of sp³-hybridized carbons (Fsp3) is 0.300. The van der Waals surface area contributed by atoms with Gasteiger partial charge in [-0.25, -0.2) is 0 Å². The highest BCUT2D eigenvalue weighted by Gasteiger charge is 2.10. The van der Waals surface area contributed by atoms with Gasteiger partial charge in [0.05, 0.1) is 13.5 Å². The molecule has 2 nitrogen and oxygen atoms in total. The normalized spacial score (nSPS) is 10.0. The highest BCUT2D eigenvalue weighted by Crippen LogP contribution is 2.27. The molecule has 76 valence electrons. The maximum Gasteiger partial charge on any atom is 0.310 e. The predicted molar refractivity (Wildman–Crippen MR) is 59.6 cm³/mol. The van der Waals surface area contributed by atoms with E-state index >= 15 is 0 Å². The van der Waals surface area contributed by atoms with E-state index in [2.05, 4.69) is 20.7 Å². The quantitative estimate of drug-likeness (QED) is 0.776. The summed E-state index contributed by atoms with van der Waals surface area (Å²) in [5.74, 6) is -0.284. The first-order valence-electron chi connectivity index (χ1n) is 4.06. The average molecular weight is 278 g/mol. The molecule has 0 aliphatic rings. The minimum absolute atomic E-state index is 0.212. The third-order valence-corrected chi connectivity index (χ3v) is 3.35. The summed E-state index contributed by atoms with van der Waals surface area (Å²) in [6, 6.07) is 3.69. The van der Waals surface area contributed by atoms with Gasteiger partial charge in [-0.05, 0) is 24.1 Å². The molecule has 0 unspecified atom stereocenters.